The predicted molar refractivity (Wildman–Crippen MR) is 125 cm³/mol. The summed E-state index contributed by atoms with van der Waals surface area (Å²) in [5, 5.41) is 5.96. The highest BCUT2D eigenvalue weighted by molar-refractivity contribution is 5.94. The van der Waals surface area contributed by atoms with Gasteiger partial charge in [0.2, 0.25) is 5.91 Å². The van der Waals surface area contributed by atoms with Crippen molar-refractivity contribution in [2.24, 2.45) is 5.92 Å². The summed E-state index contributed by atoms with van der Waals surface area (Å²) in [5.74, 6) is 0.731. The monoisotopic (exact) mass is 439 g/mol. The molecule has 32 heavy (non-hydrogen) atoms. The normalized spacial score (nSPS) is 18.2. The van der Waals surface area contributed by atoms with Gasteiger partial charge in [0, 0.05) is 18.7 Å². The third-order valence-corrected chi connectivity index (χ3v) is 5.72. The molecule has 2 aromatic rings. The van der Waals surface area contributed by atoms with Gasteiger partial charge in [-0.15, -0.1) is 0 Å². The van der Waals surface area contributed by atoms with E-state index in [0.717, 1.165) is 11.1 Å². The highest BCUT2D eigenvalue weighted by Gasteiger charge is 2.36. The van der Waals surface area contributed by atoms with Crippen LogP contribution in [0.1, 0.15) is 43.9 Å². The summed E-state index contributed by atoms with van der Waals surface area (Å²) < 4.78 is 10.6. The number of piperidine rings is 1. The molecular formula is C25H33N3O4. The number of benzene rings is 2. The van der Waals surface area contributed by atoms with Gasteiger partial charge in [-0.1, -0.05) is 29.8 Å². The zero-order valence-corrected chi connectivity index (χ0v) is 19.5. The van der Waals surface area contributed by atoms with Crippen LogP contribution in [0.5, 0.6) is 11.5 Å². The van der Waals surface area contributed by atoms with Gasteiger partial charge in [0.05, 0.1) is 31.9 Å². The van der Waals surface area contributed by atoms with Crippen LogP contribution in [0, 0.1) is 12.8 Å². The number of rotatable bonds is 6. The Morgan fingerprint density at radius 1 is 1.06 bits per heavy atom. The first-order valence-electron chi connectivity index (χ1n) is 11.0. The molecule has 2 N–H and O–H groups in total. The number of hydrogen-bond donors (Lipinski definition) is 2. The molecule has 172 valence electrons. The van der Waals surface area contributed by atoms with Crippen LogP contribution in [0.25, 0.3) is 0 Å². The predicted octanol–water partition coefficient (Wildman–Crippen LogP) is 4.52. The molecular weight excluding hydrogens is 406 g/mol. The largest absolute Gasteiger partial charge is 0.497 e. The molecule has 2 atom stereocenters. The molecule has 1 heterocycles. The number of carbonyl (C=O) groups excluding carboxylic acids is 2. The maximum atomic E-state index is 13.1. The van der Waals surface area contributed by atoms with Crippen molar-refractivity contribution < 1.29 is 19.1 Å². The quantitative estimate of drug-likeness (QED) is 0.693. The number of likely N-dealkylation sites (tertiary alicyclic amines) is 1. The molecule has 1 aliphatic rings. The highest BCUT2D eigenvalue weighted by Crippen LogP contribution is 2.35. The van der Waals surface area contributed by atoms with Gasteiger partial charge in [0.25, 0.3) is 0 Å². The van der Waals surface area contributed by atoms with Crippen LogP contribution in [0.15, 0.2) is 42.5 Å². The van der Waals surface area contributed by atoms with Gasteiger partial charge >= 0.3 is 6.03 Å². The zero-order valence-electron chi connectivity index (χ0n) is 19.5. The first-order valence-corrected chi connectivity index (χ1v) is 11.0. The van der Waals surface area contributed by atoms with E-state index in [4.69, 9.17) is 9.47 Å². The lowest BCUT2D eigenvalue weighted by atomic mass is 9.88. The molecule has 0 spiro atoms. The Balaban J connectivity index is 1.79. The van der Waals surface area contributed by atoms with Crippen LogP contribution >= 0.6 is 0 Å². The minimum absolute atomic E-state index is 0.0124. The molecule has 0 aliphatic carbocycles. The van der Waals surface area contributed by atoms with Crippen molar-refractivity contribution in [1.82, 2.24) is 10.2 Å². The number of methoxy groups -OCH3 is 2. The van der Waals surface area contributed by atoms with Crippen LogP contribution in [0.3, 0.4) is 0 Å². The van der Waals surface area contributed by atoms with E-state index in [-0.39, 0.29) is 29.9 Å². The Bertz CT molecular complexity index is 960. The average molecular weight is 440 g/mol. The van der Waals surface area contributed by atoms with Gasteiger partial charge in [-0.25, -0.2) is 4.79 Å². The van der Waals surface area contributed by atoms with Crippen LogP contribution in [-0.2, 0) is 4.79 Å². The van der Waals surface area contributed by atoms with Crippen LogP contribution < -0.4 is 20.1 Å². The first-order chi connectivity index (χ1) is 15.3. The summed E-state index contributed by atoms with van der Waals surface area (Å²) in [7, 11) is 3.13. The van der Waals surface area contributed by atoms with E-state index in [1.807, 2.05) is 32.9 Å². The molecule has 0 bridgehead atoms. The second-order valence-electron chi connectivity index (χ2n) is 8.52. The Kier molecular flexibility index (Phi) is 7.62. The van der Waals surface area contributed by atoms with Crippen LogP contribution in [0.4, 0.5) is 10.5 Å². The number of carbonyl (C=O) groups is 2. The number of aryl methyl sites for hydroxylation is 1. The summed E-state index contributed by atoms with van der Waals surface area (Å²) >= 11 is 0. The number of hydrogen-bond acceptors (Lipinski definition) is 4. The number of nitrogens with one attached hydrogen (secondary N) is 2. The van der Waals surface area contributed by atoms with E-state index in [0.29, 0.717) is 36.6 Å². The Morgan fingerprint density at radius 3 is 2.50 bits per heavy atom. The van der Waals surface area contributed by atoms with Crippen molar-refractivity contribution in [2.45, 2.75) is 45.7 Å². The molecule has 1 aliphatic heterocycles. The lowest BCUT2D eigenvalue weighted by Gasteiger charge is -2.40. The highest BCUT2D eigenvalue weighted by atomic mass is 16.5. The van der Waals surface area contributed by atoms with Crippen LogP contribution in [-0.4, -0.2) is 43.6 Å². The van der Waals surface area contributed by atoms with E-state index in [1.54, 1.807) is 37.3 Å². The third-order valence-electron chi connectivity index (χ3n) is 5.72. The lowest BCUT2D eigenvalue weighted by molar-refractivity contribution is -0.121. The van der Waals surface area contributed by atoms with E-state index in [1.165, 1.54) is 0 Å². The first kappa shape index (κ1) is 23.4. The molecule has 3 amide bonds. The fraction of sp³-hybridized carbons (Fsp3) is 0.440. The fourth-order valence-electron chi connectivity index (χ4n) is 4.10. The number of urea groups is 1. The number of ether oxygens (including phenoxy) is 2. The van der Waals surface area contributed by atoms with Crippen molar-refractivity contribution >= 4 is 17.6 Å². The van der Waals surface area contributed by atoms with Crippen molar-refractivity contribution in [1.29, 1.82) is 0 Å². The minimum Gasteiger partial charge on any atom is -0.497 e. The summed E-state index contributed by atoms with van der Waals surface area (Å²) in [5.41, 5.74) is 2.83. The number of amides is 3. The average Bonchev–Trinajstić information content (AvgIpc) is 2.78. The summed E-state index contributed by atoms with van der Waals surface area (Å²) in [6, 6.07) is 13.3. The smallest absolute Gasteiger partial charge is 0.318 e. The maximum Gasteiger partial charge on any atom is 0.318 e. The summed E-state index contributed by atoms with van der Waals surface area (Å²) in [4.78, 5) is 27.9. The molecule has 0 aromatic heterocycles. The van der Waals surface area contributed by atoms with E-state index < -0.39 is 0 Å². The van der Waals surface area contributed by atoms with E-state index in [2.05, 4.69) is 22.8 Å². The fourth-order valence-corrected chi connectivity index (χ4v) is 4.10. The van der Waals surface area contributed by atoms with Gasteiger partial charge < -0.3 is 25.0 Å². The molecule has 7 heteroatoms. The van der Waals surface area contributed by atoms with Crippen molar-refractivity contribution in [3.05, 3.63) is 53.6 Å². The standard InChI is InChI=1S/C25H33N3O4/c1-16(2)26-25(30)28-15-19(9-12-22(28)18-8-6-7-17(3)13-18)24(29)27-21-11-10-20(31-4)14-23(21)32-5/h6-8,10-11,13-14,16,19,22H,9,12,15H2,1-5H3,(H,26,30)(H,27,29). The second kappa shape index (κ2) is 10.4. The Morgan fingerprint density at radius 2 is 1.84 bits per heavy atom. The zero-order chi connectivity index (χ0) is 23.3. The molecule has 1 fully saturated rings. The maximum absolute atomic E-state index is 13.1. The van der Waals surface area contributed by atoms with Gasteiger partial charge in [0.1, 0.15) is 11.5 Å². The molecule has 7 nitrogen and oxygen atoms in total. The van der Waals surface area contributed by atoms with Gasteiger partial charge in [0.15, 0.2) is 0 Å². The molecule has 1 saturated heterocycles. The van der Waals surface area contributed by atoms with Gasteiger partial charge in [-0.3, -0.25) is 4.79 Å². The van der Waals surface area contributed by atoms with Crippen molar-refractivity contribution in [3.63, 3.8) is 0 Å². The van der Waals surface area contributed by atoms with E-state index in [9.17, 15) is 9.59 Å². The van der Waals surface area contributed by atoms with Crippen molar-refractivity contribution in [2.75, 3.05) is 26.1 Å². The number of anilines is 1. The second-order valence-corrected chi connectivity index (χ2v) is 8.52. The topological polar surface area (TPSA) is 79.9 Å². The summed E-state index contributed by atoms with van der Waals surface area (Å²) in [6.07, 6.45) is 1.40. The van der Waals surface area contributed by atoms with Gasteiger partial charge in [-0.05, 0) is 51.3 Å². The Labute approximate surface area is 190 Å². The van der Waals surface area contributed by atoms with Gasteiger partial charge in [-0.2, -0.15) is 0 Å². The van der Waals surface area contributed by atoms with E-state index >= 15 is 0 Å². The molecule has 0 radical (unpaired) electrons. The SMILES string of the molecule is COc1ccc(NC(=O)C2CCC(c3cccc(C)c3)N(C(=O)NC(C)C)C2)c(OC)c1. The molecule has 0 saturated carbocycles. The third kappa shape index (κ3) is 5.52. The summed E-state index contributed by atoms with van der Waals surface area (Å²) in [6.45, 7) is 6.26. The Hall–Kier alpha value is -3.22. The van der Waals surface area contributed by atoms with Crippen LogP contribution in [0.2, 0.25) is 0 Å². The number of nitrogens with zero attached hydrogens (tertiary/aromatic N) is 1. The van der Waals surface area contributed by atoms with Crippen molar-refractivity contribution in [3.8, 4) is 11.5 Å². The molecule has 2 aromatic carbocycles. The molecule has 2 unspecified atom stereocenters. The molecule has 3 rings (SSSR count). The lowest BCUT2D eigenvalue weighted by Crippen LogP contribution is -2.50. The minimum atomic E-state index is -0.319.